The number of carboxylic acid groups (broad SMARTS) is 4. The largest absolute Gasteiger partial charge is 3.00 e. The number of carboxylic acids is 4. The third-order valence-electron chi connectivity index (χ3n) is 6.76. The molecule has 17 nitrogen and oxygen atoms in total. The van der Waals surface area contributed by atoms with Crippen LogP contribution in [-0.4, -0.2) is 192 Å². The van der Waals surface area contributed by atoms with Crippen LogP contribution in [0.25, 0.3) is 0 Å². The first-order valence-corrected chi connectivity index (χ1v) is 12.8. The summed E-state index contributed by atoms with van der Waals surface area (Å²) in [5.41, 5.74) is -1.75. The van der Waals surface area contributed by atoms with E-state index < -0.39 is 88.1 Å². The number of rotatable bonds is 16. The molecule has 19 heteroatoms. The van der Waals surface area contributed by atoms with Gasteiger partial charge >= 0.3 is 69.5 Å². The van der Waals surface area contributed by atoms with Gasteiger partial charge in [0.05, 0.1) is 55.3 Å². The van der Waals surface area contributed by atoms with Crippen LogP contribution >= 0.6 is 0 Å². The molecule has 1 saturated heterocycles. The van der Waals surface area contributed by atoms with Gasteiger partial charge in [0.25, 0.3) is 0 Å². The van der Waals surface area contributed by atoms with E-state index >= 15 is 0 Å². The summed E-state index contributed by atoms with van der Waals surface area (Å²) in [5, 5.41) is 85.0. The molecule has 0 amide bonds. The summed E-state index contributed by atoms with van der Waals surface area (Å²) in [7, 11) is 0. The van der Waals surface area contributed by atoms with E-state index in [4.69, 9.17) is 0 Å². The van der Waals surface area contributed by atoms with Crippen molar-refractivity contribution in [2.24, 2.45) is 0 Å². The Morgan fingerprint density at radius 1 is 0.643 bits per heavy atom. The van der Waals surface area contributed by atoms with Crippen LogP contribution in [0.5, 0.6) is 0 Å². The number of hydrogen-bond acceptors (Lipinski definition) is 17. The average Bonchev–Trinajstić information content (AvgIpc) is 2.85. The average molecular weight is 758 g/mol. The predicted octanol–water partition coefficient (Wildman–Crippen LogP) is -13.4. The van der Waals surface area contributed by atoms with Gasteiger partial charge in [0, 0.05) is 91.6 Å². The van der Waals surface area contributed by atoms with Gasteiger partial charge in [-0.05, 0) is 0 Å². The van der Waals surface area contributed by atoms with E-state index in [1.165, 1.54) is 14.7 Å². The maximum absolute atomic E-state index is 11.3. The molecule has 0 bridgehead atoms. The summed E-state index contributed by atoms with van der Waals surface area (Å²) in [6.07, 6.45) is -1.28. The Kier molecular flexibility index (Phi) is 24.3. The standard InChI is InChI=1S/C23H43N5O12.Gd.Na/c29-15-23(16-30,17-31)28(14-22(39)40)10-18(32)9-24-1-3-25(11-19(33)34)5-7-27(13-21(37)38)8-6-26(4-2-24)12-20(35)36;;/h18,29-32H,1-17H2,(H,33,34)(H,35,36)(H,37,38)(H,39,40);;/q;+3;+1/p-4. The second-order valence-electron chi connectivity index (χ2n) is 9.85. The maximum atomic E-state index is 11.3. The number of carbonyl (C=O) groups is 4. The minimum absolute atomic E-state index is 0. The molecule has 1 unspecified atom stereocenters. The summed E-state index contributed by atoms with van der Waals surface area (Å²) in [5.74, 6) is -5.61. The minimum Gasteiger partial charge on any atom is -0.549 e. The van der Waals surface area contributed by atoms with E-state index in [2.05, 4.69) is 0 Å². The molecule has 1 aliphatic heterocycles. The Morgan fingerprint density at radius 2 is 0.952 bits per heavy atom. The van der Waals surface area contributed by atoms with Crippen molar-refractivity contribution in [3.05, 3.63) is 0 Å². The third-order valence-corrected chi connectivity index (χ3v) is 6.76. The van der Waals surface area contributed by atoms with Crippen molar-refractivity contribution >= 4 is 23.9 Å². The van der Waals surface area contributed by atoms with Crippen LogP contribution < -0.4 is 50.0 Å². The molecule has 237 valence electrons. The summed E-state index contributed by atoms with van der Waals surface area (Å²) >= 11 is 0. The second kappa shape index (κ2) is 23.2. The van der Waals surface area contributed by atoms with Crippen LogP contribution in [0.2, 0.25) is 0 Å². The third kappa shape index (κ3) is 17.4. The smallest absolute Gasteiger partial charge is 0.549 e. The number of hydrogen-bond donors (Lipinski definition) is 4. The first-order chi connectivity index (χ1) is 18.8. The Morgan fingerprint density at radius 3 is 1.21 bits per heavy atom. The quantitative estimate of drug-likeness (QED) is 0.107. The topological polar surface area (TPSA) is 258 Å². The van der Waals surface area contributed by atoms with Gasteiger partial charge in [-0.1, -0.05) is 0 Å². The van der Waals surface area contributed by atoms with E-state index in [0.717, 1.165) is 4.90 Å². The van der Waals surface area contributed by atoms with Crippen LogP contribution in [0.4, 0.5) is 0 Å². The van der Waals surface area contributed by atoms with Gasteiger partial charge in [-0.2, -0.15) is 0 Å². The summed E-state index contributed by atoms with van der Waals surface area (Å²) < 4.78 is 0. The molecule has 42 heavy (non-hydrogen) atoms. The Hall–Kier alpha value is -0.155. The molecular formula is C23H39GdN5NaO12. The fraction of sp³-hybridized carbons (Fsp3) is 0.826. The molecule has 1 fully saturated rings. The van der Waals surface area contributed by atoms with E-state index in [1.54, 1.807) is 4.90 Å². The molecule has 0 saturated carbocycles. The van der Waals surface area contributed by atoms with E-state index in [9.17, 15) is 60.0 Å². The van der Waals surface area contributed by atoms with E-state index in [1.807, 2.05) is 0 Å². The molecule has 1 atom stereocenters. The number of carbonyl (C=O) groups excluding carboxylic acids is 4. The monoisotopic (exact) mass is 758 g/mol. The first-order valence-electron chi connectivity index (χ1n) is 12.8. The zero-order valence-electron chi connectivity index (χ0n) is 23.7. The Balaban J connectivity index is 0. The van der Waals surface area contributed by atoms with Gasteiger partial charge in [-0.3, -0.25) is 24.5 Å². The van der Waals surface area contributed by atoms with E-state index in [-0.39, 0.29) is 128 Å². The molecule has 0 aromatic heterocycles. The summed E-state index contributed by atoms with van der Waals surface area (Å²) in [6, 6.07) is 0. The molecule has 0 aromatic carbocycles. The van der Waals surface area contributed by atoms with Gasteiger partial charge in [0.2, 0.25) is 0 Å². The van der Waals surface area contributed by atoms with Gasteiger partial charge in [0.15, 0.2) is 0 Å². The molecule has 1 radical (unpaired) electrons. The SMILES string of the molecule is O=C([O-])CN1CCN(CC(=O)[O-])CCN(CC(O)CN(CC(=O)[O-])C(CO)(CO)CO)CCN(CC(=O)[O-])CC1.[Gd+3].[Na+]. The zero-order valence-corrected chi connectivity index (χ0v) is 28.0. The van der Waals surface area contributed by atoms with Crippen molar-refractivity contribution in [1.29, 1.82) is 0 Å². The maximum Gasteiger partial charge on any atom is 3.00 e. The normalized spacial score (nSPS) is 17.7. The van der Waals surface area contributed by atoms with Gasteiger partial charge in [-0.25, -0.2) is 0 Å². The van der Waals surface area contributed by atoms with Crippen molar-refractivity contribution in [3.8, 4) is 0 Å². The zero-order chi connectivity index (χ0) is 30.3. The molecule has 0 spiro atoms. The molecule has 1 heterocycles. The van der Waals surface area contributed by atoms with Crippen LogP contribution in [0.1, 0.15) is 0 Å². The first kappa shape index (κ1) is 44.0. The van der Waals surface area contributed by atoms with Crippen LogP contribution in [0.3, 0.4) is 0 Å². The number of nitrogens with zero attached hydrogens (tertiary/aromatic N) is 5. The molecule has 4 N–H and O–H groups in total. The Bertz CT molecular complexity index is 788. The number of β-amino-alcohol motifs (C(OH)–C–C–N with tert-alkyl or cyclic N) is 1. The van der Waals surface area contributed by atoms with E-state index in [0.29, 0.717) is 0 Å². The predicted molar refractivity (Wildman–Crippen MR) is 127 cm³/mol. The molecular weight excluding hydrogens is 719 g/mol. The van der Waals surface area contributed by atoms with Crippen molar-refractivity contribution < 1.29 is 130 Å². The Labute approximate surface area is 298 Å². The van der Waals surface area contributed by atoms with Crippen LogP contribution in [-0.2, 0) is 19.2 Å². The van der Waals surface area contributed by atoms with Crippen LogP contribution in [0.15, 0.2) is 0 Å². The number of aliphatic carboxylic acids is 4. The molecule has 1 aliphatic rings. The number of aliphatic hydroxyl groups is 4. The summed E-state index contributed by atoms with van der Waals surface area (Å²) in [6.45, 7) is -3.83. The minimum atomic E-state index is -1.75. The second-order valence-corrected chi connectivity index (χ2v) is 9.85. The van der Waals surface area contributed by atoms with Gasteiger partial charge in [0.1, 0.15) is 0 Å². The fourth-order valence-corrected chi connectivity index (χ4v) is 4.43. The van der Waals surface area contributed by atoms with Gasteiger partial charge < -0.3 is 60.0 Å². The van der Waals surface area contributed by atoms with Crippen LogP contribution in [0, 0.1) is 39.9 Å². The van der Waals surface area contributed by atoms with Crippen molar-refractivity contribution in [2.45, 2.75) is 11.6 Å². The van der Waals surface area contributed by atoms with Crippen molar-refractivity contribution in [3.63, 3.8) is 0 Å². The number of aliphatic hydroxyl groups excluding tert-OH is 4. The molecule has 0 aliphatic carbocycles. The summed E-state index contributed by atoms with van der Waals surface area (Å²) in [4.78, 5) is 52.3. The molecule has 0 aromatic rings. The van der Waals surface area contributed by atoms with Crippen molar-refractivity contribution in [1.82, 2.24) is 24.5 Å². The molecule has 1 rings (SSSR count). The fourth-order valence-electron chi connectivity index (χ4n) is 4.43. The van der Waals surface area contributed by atoms with Crippen molar-refractivity contribution in [2.75, 3.05) is 111 Å². The van der Waals surface area contributed by atoms with Gasteiger partial charge in [-0.15, -0.1) is 0 Å².